The van der Waals surface area contributed by atoms with E-state index in [1.54, 1.807) is 0 Å². The maximum absolute atomic E-state index is 5.52. The Bertz CT molecular complexity index is 228. The number of terminal acetylenes is 1. The molecule has 0 aromatic rings. The molecule has 1 N–H and O–H groups in total. The van der Waals surface area contributed by atoms with Crippen LogP contribution in [0.2, 0.25) is 0 Å². The van der Waals surface area contributed by atoms with Crippen LogP contribution in [0.25, 0.3) is 0 Å². The summed E-state index contributed by atoms with van der Waals surface area (Å²) < 4.78 is 0. The number of hydrogen-bond acceptors (Lipinski definition) is 1. The molecule has 2 bridgehead atoms. The van der Waals surface area contributed by atoms with Gasteiger partial charge < -0.3 is 5.32 Å². The average molecular weight is 191 g/mol. The van der Waals surface area contributed by atoms with Crippen LogP contribution in [-0.2, 0) is 0 Å². The molecule has 4 unspecified atom stereocenters. The fourth-order valence-corrected chi connectivity index (χ4v) is 3.21. The van der Waals surface area contributed by atoms with Crippen molar-refractivity contribution in [3.05, 3.63) is 0 Å². The van der Waals surface area contributed by atoms with Gasteiger partial charge in [-0.1, -0.05) is 25.7 Å². The van der Waals surface area contributed by atoms with E-state index in [-0.39, 0.29) is 0 Å². The standard InChI is InChI=1S/C13H21N/c1-3-5-12(4-2)14-13-9-10-6-7-11(13)8-10/h2,10-14H,3,5-9H2,1H3. The second kappa shape index (κ2) is 4.36. The van der Waals surface area contributed by atoms with Crippen molar-refractivity contribution < 1.29 is 0 Å². The maximum Gasteiger partial charge on any atom is 0.0689 e. The fraction of sp³-hybridized carbons (Fsp3) is 0.846. The highest BCUT2D eigenvalue weighted by atomic mass is 15.0. The van der Waals surface area contributed by atoms with E-state index >= 15 is 0 Å². The van der Waals surface area contributed by atoms with Gasteiger partial charge in [0, 0.05) is 6.04 Å². The van der Waals surface area contributed by atoms with Crippen molar-refractivity contribution in [2.24, 2.45) is 11.8 Å². The molecule has 1 heteroatoms. The molecule has 2 rings (SSSR count). The Morgan fingerprint density at radius 2 is 2.29 bits per heavy atom. The van der Waals surface area contributed by atoms with Crippen LogP contribution in [-0.4, -0.2) is 12.1 Å². The van der Waals surface area contributed by atoms with Crippen molar-refractivity contribution >= 4 is 0 Å². The van der Waals surface area contributed by atoms with Gasteiger partial charge in [0.25, 0.3) is 0 Å². The molecule has 78 valence electrons. The lowest BCUT2D eigenvalue weighted by molar-refractivity contribution is 0.332. The molecule has 2 fully saturated rings. The molecule has 0 saturated heterocycles. The lowest BCUT2D eigenvalue weighted by Crippen LogP contribution is -2.40. The third-order valence-electron chi connectivity index (χ3n) is 3.93. The van der Waals surface area contributed by atoms with Crippen molar-refractivity contribution in [3.63, 3.8) is 0 Å². The predicted octanol–water partition coefficient (Wildman–Crippen LogP) is 2.57. The molecule has 2 aliphatic carbocycles. The van der Waals surface area contributed by atoms with Crippen molar-refractivity contribution in [2.45, 2.75) is 57.5 Å². The molecule has 4 atom stereocenters. The second-order valence-electron chi connectivity index (χ2n) is 4.96. The first-order chi connectivity index (χ1) is 6.83. The Morgan fingerprint density at radius 1 is 1.43 bits per heavy atom. The van der Waals surface area contributed by atoms with Gasteiger partial charge in [0.15, 0.2) is 0 Å². The largest absolute Gasteiger partial charge is 0.301 e. The molecule has 0 amide bonds. The smallest absolute Gasteiger partial charge is 0.0689 e. The van der Waals surface area contributed by atoms with Gasteiger partial charge in [-0.25, -0.2) is 0 Å². The van der Waals surface area contributed by atoms with Gasteiger partial charge >= 0.3 is 0 Å². The summed E-state index contributed by atoms with van der Waals surface area (Å²) in [5, 5.41) is 3.66. The van der Waals surface area contributed by atoms with E-state index in [0.717, 1.165) is 24.3 Å². The van der Waals surface area contributed by atoms with Crippen LogP contribution < -0.4 is 5.32 Å². The summed E-state index contributed by atoms with van der Waals surface area (Å²) in [6, 6.07) is 1.06. The van der Waals surface area contributed by atoms with E-state index in [9.17, 15) is 0 Å². The number of fused-ring (bicyclic) bond motifs is 2. The lowest BCUT2D eigenvalue weighted by Gasteiger charge is -2.26. The Kier molecular flexibility index (Phi) is 3.13. The van der Waals surface area contributed by atoms with Gasteiger partial charge in [-0.3, -0.25) is 0 Å². The summed E-state index contributed by atoms with van der Waals surface area (Å²) in [5.74, 6) is 4.83. The minimum absolute atomic E-state index is 0.323. The minimum atomic E-state index is 0.323. The summed E-state index contributed by atoms with van der Waals surface area (Å²) >= 11 is 0. The Labute approximate surface area is 87.7 Å². The molecule has 0 aliphatic heterocycles. The topological polar surface area (TPSA) is 12.0 Å². The summed E-state index contributed by atoms with van der Waals surface area (Å²) in [6.45, 7) is 2.20. The van der Waals surface area contributed by atoms with Crippen LogP contribution in [0, 0.1) is 24.2 Å². The van der Waals surface area contributed by atoms with Crippen LogP contribution >= 0.6 is 0 Å². The zero-order valence-corrected chi connectivity index (χ0v) is 9.13. The summed E-state index contributed by atoms with van der Waals surface area (Å²) in [4.78, 5) is 0. The van der Waals surface area contributed by atoms with E-state index in [1.807, 2.05) is 0 Å². The maximum atomic E-state index is 5.52. The van der Waals surface area contributed by atoms with Gasteiger partial charge in [0.1, 0.15) is 0 Å². The number of rotatable bonds is 4. The van der Waals surface area contributed by atoms with Crippen molar-refractivity contribution in [3.8, 4) is 12.3 Å². The minimum Gasteiger partial charge on any atom is -0.301 e. The van der Waals surface area contributed by atoms with Crippen LogP contribution in [0.15, 0.2) is 0 Å². The van der Waals surface area contributed by atoms with Crippen molar-refractivity contribution in [2.75, 3.05) is 0 Å². The zero-order chi connectivity index (χ0) is 9.97. The Hall–Kier alpha value is -0.480. The van der Waals surface area contributed by atoms with Crippen LogP contribution in [0.1, 0.15) is 45.4 Å². The highest BCUT2D eigenvalue weighted by Gasteiger charge is 2.39. The van der Waals surface area contributed by atoms with E-state index in [2.05, 4.69) is 18.2 Å². The molecule has 2 saturated carbocycles. The molecule has 0 heterocycles. The van der Waals surface area contributed by atoms with Gasteiger partial charge in [-0.15, -0.1) is 6.42 Å². The molecule has 0 aromatic carbocycles. The molecule has 0 spiro atoms. The van der Waals surface area contributed by atoms with Crippen LogP contribution in [0.5, 0.6) is 0 Å². The van der Waals surface area contributed by atoms with Crippen molar-refractivity contribution in [1.82, 2.24) is 5.32 Å². The predicted molar refractivity (Wildman–Crippen MR) is 59.9 cm³/mol. The molecular formula is C13H21N. The van der Waals surface area contributed by atoms with Gasteiger partial charge in [0.05, 0.1) is 6.04 Å². The molecule has 14 heavy (non-hydrogen) atoms. The number of nitrogens with one attached hydrogen (secondary N) is 1. The van der Waals surface area contributed by atoms with Crippen molar-refractivity contribution in [1.29, 1.82) is 0 Å². The first-order valence-electron chi connectivity index (χ1n) is 6.05. The van der Waals surface area contributed by atoms with E-state index in [1.165, 1.54) is 32.1 Å². The van der Waals surface area contributed by atoms with E-state index < -0.39 is 0 Å². The summed E-state index contributed by atoms with van der Waals surface area (Å²) in [5.41, 5.74) is 0. The fourth-order valence-electron chi connectivity index (χ4n) is 3.21. The first kappa shape index (κ1) is 10.1. The SMILES string of the molecule is C#CC(CCC)NC1CC2CCC1C2. The molecular weight excluding hydrogens is 170 g/mol. The monoisotopic (exact) mass is 191 g/mol. The van der Waals surface area contributed by atoms with E-state index in [0.29, 0.717) is 6.04 Å². The van der Waals surface area contributed by atoms with Gasteiger partial charge in [-0.05, 0) is 37.5 Å². The highest BCUT2D eigenvalue weighted by Crippen LogP contribution is 2.44. The molecule has 0 radical (unpaired) electrons. The lowest BCUT2D eigenvalue weighted by atomic mass is 9.94. The summed E-state index contributed by atoms with van der Waals surface area (Å²) in [6.07, 6.45) is 13.6. The number of hydrogen-bond donors (Lipinski definition) is 1. The second-order valence-corrected chi connectivity index (χ2v) is 4.96. The molecule has 1 nitrogen and oxygen atoms in total. The van der Waals surface area contributed by atoms with Gasteiger partial charge in [-0.2, -0.15) is 0 Å². The Morgan fingerprint density at radius 3 is 2.79 bits per heavy atom. The Balaban J connectivity index is 1.82. The van der Waals surface area contributed by atoms with Gasteiger partial charge in [0.2, 0.25) is 0 Å². The van der Waals surface area contributed by atoms with E-state index in [4.69, 9.17) is 6.42 Å². The zero-order valence-electron chi connectivity index (χ0n) is 9.13. The van der Waals surface area contributed by atoms with Crippen LogP contribution in [0.4, 0.5) is 0 Å². The third-order valence-corrected chi connectivity index (χ3v) is 3.93. The first-order valence-corrected chi connectivity index (χ1v) is 6.05. The molecule has 2 aliphatic rings. The average Bonchev–Trinajstić information content (AvgIpc) is 2.78. The third kappa shape index (κ3) is 1.96. The highest BCUT2D eigenvalue weighted by molar-refractivity contribution is 5.03. The quantitative estimate of drug-likeness (QED) is 0.673. The molecule has 0 aromatic heterocycles. The normalized spacial score (nSPS) is 37.0. The van der Waals surface area contributed by atoms with Crippen LogP contribution in [0.3, 0.4) is 0 Å². The summed E-state index contributed by atoms with van der Waals surface area (Å²) in [7, 11) is 0.